The Bertz CT molecular complexity index is 813. The number of fused-ring (bicyclic) bond motifs is 1. The van der Waals surface area contributed by atoms with Gasteiger partial charge in [-0.3, -0.25) is 0 Å². The molecule has 0 amide bonds. The van der Waals surface area contributed by atoms with Crippen LogP contribution in [-0.4, -0.2) is 14.7 Å². The molecule has 108 valence electrons. The molecule has 1 aromatic heterocycles. The average Bonchev–Trinajstić information content (AvgIpc) is 2.79. The van der Waals surface area contributed by atoms with Crippen LogP contribution in [0.5, 0.6) is 5.75 Å². The van der Waals surface area contributed by atoms with E-state index in [-0.39, 0.29) is 5.75 Å². The predicted molar refractivity (Wildman–Crippen MR) is 89.8 cm³/mol. The molecule has 0 spiro atoms. The van der Waals surface area contributed by atoms with Crippen molar-refractivity contribution >= 4 is 38.6 Å². The Hall–Kier alpha value is -1.52. The third-order valence-corrected chi connectivity index (χ3v) is 4.16. The van der Waals surface area contributed by atoms with Crippen molar-refractivity contribution < 1.29 is 5.11 Å². The smallest absolute Gasteiger partial charge is 0.144 e. The molecule has 0 radical (unpaired) electrons. The fourth-order valence-electron chi connectivity index (χ4n) is 2.48. The van der Waals surface area contributed by atoms with Gasteiger partial charge in [0, 0.05) is 11.0 Å². The van der Waals surface area contributed by atoms with Gasteiger partial charge in [0.05, 0.1) is 21.6 Å². The van der Waals surface area contributed by atoms with E-state index in [2.05, 4.69) is 32.4 Å². The van der Waals surface area contributed by atoms with E-state index in [0.717, 1.165) is 34.3 Å². The zero-order valence-electron chi connectivity index (χ0n) is 11.5. The van der Waals surface area contributed by atoms with Gasteiger partial charge in [-0.2, -0.15) is 0 Å². The molecule has 3 rings (SSSR count). The Kier molecular flexibility index (Phi) is 3.91. The first-order chi connectivity index (χ1) is 10.1. The topological polar surface area (TPSA) is 38.0 Å². The van der Waals surface area contributed by atoms with Crippen LogP contribution in [0.4, 0.5) is 0 Å². The summed E-state index contributed by atoms with van der Waals surface area (Å²) < 4.78 is 2.90. The summed E-state index contributed by atoms with van der Waals surface area (Å²) in [6.45, 7) is 2.90. The molecule has 1 N–H and O–H groups in total. The molecule has 5 heteroatoms. The number of rotatable bonds is 3. The summed E-state index contributed by atoms with van der Waals surface area (Å²) in [6.07, 6.45) is 0.959. The van der Waals surface area contributed by atoms with Crippen molar-refractivity contribution in [3.8, 4) is 17.1 Å². The molecule has 0 aliphatic carbocycles. The summed E-state index contributed by atoms with van der Waals surface area (Å²) in [6, 6.07) is 11.1. The third kappa shape index (κ3) is 2.54. The van der Waals surface area contributed by atoms with Gasteiger partial charge in [-0.05, 0) is 36.8 Å². The van der Waals surface area contributed by atoms with E-state index in [9.17, 15) is 5.11 Å². The molecule has 0 saturated carbocycles. The van der Waals surface area contributed by atoms with E-state index in [4.69, 9.17) is 11.6 Å². The van der Waals surface area contributed by atoms with Crippen LogP contribution in [-0.2, 0) is 6.54 Å². The van der Waals surface area contributed by atoms with E-state index in [1.807, 2.05) is 30.3 Å². The first-order valence-electron chi connectivity index (χ1n) is 6.75. The Labute approximate surface area is 136 Å². The third-order valence-electron chi connectivity index (χ3n) is 3.37. The molecular formula is C16H14BrClN2O. The Morgan fingerprint density at radius 1 is 1.29 bits per heavy atom. The number of para-hydroxylation sites is 1. The quantitative estimate of drug-likeness (QED) is 0.689. The first kappa shape index (κ1) is 14.4. The van der Waals surface area contributed by atoms with Crippen molar-refractivity contribution in [3.05, 3.63) is 45.9 Å². The van der Waals surface area contributed by atoms with Crippen molar-refractivity contribution in [1.82, 2.24) is 9.55 Å². The van der Waals surface area contributed by atoms with Crippen LogP contribution in [0.3, 0.4) is 0 Å². The minimum Gasteiger partial charge on any atom is -0.507 e. The van der Waals surface area contributed by atoms with Crippen molar-refractivity contribution in [2.24, 2.45) is 0 Å². The highest BCUT2D eigenvalue weighted by molar-refractivity contribution is 9.10. The molecule has 0 aliphatic heterocycles. The largest absolute Gasteiger partial charge is 0.507 e. The SMILES string of the molecule is CCCn1c(-c2ccc(Br)cc2O)nc2cccc(Cl)c21. The summed E-state index contributed by atoms with van der Waals surface area (Å²) in [5.74, 6) is 0.943. The Morgan fingerprint density at radius 2 is 2.10 bits per heavy atom. The van der Waals surface area contributed by atoms with Gasteiger partial charge in [0.2, 0.25) is 0 Å². The molecule has 0 bridgehead atoms. The van der Waals surface area contributed by atoms with Crippen molar-refractivity contribution in [1.29, 1.82) is 0 Å². The second-order valence-electron chi connectivity index (χ2n) is 4.86. The lowest BCUT2D eigenvalue weighted by Gasteiger charge is -2.10. The van der Waals surface area contributed by atoms with Gasteiger partial charge in [-0.1, -0.05) is 40.5 Å². The highest BCUT2D eigenvalue weighted by Crippen LogP contribution is 2.35. The number of hydrogen-bond acceptors (Lipinski definition) is 2. The van der Waals surface area contributed by atoms with Gasteiger partial charge in [0.15, 0.2) is 0 Å². The number of aromatic nitrogens is 2. The van der Waals surface area contributed by atoms with Gasteiger partial charge in [-0.15, -0.1) is 0 Å². The van der Waals surface area contributed by atoms with Crippen LogP contribution in [0, 0.1) is 0 Å². The molecule has 3 aromatic rings. The maximum absolute atomic E-state index is 10.2. The first-order valence-corrected chi connectivity index (χ1v) is 7.92. The number of aryl methyl sites for hydroxylation is 1. The van der Waals surface area contributed by atoms with Gasteiger partial charge in [-0.25, -0.2) is 4.98 Å². The highest BCUT2D eigenvalue weighted by Gasteiger charge is 2.16. The number of imidazole rings is 1. The minimum absolute atomic E-state index is 0.202. The van der Waals surface area contributed by atoms with E-state index >= 15 is 0 Å². The molecule has 0 aliphatic rings. The molecule has 0 saturated heterocycles. The Balaban J connectivity index is 2.31. The number of phenolic OH excluding ortho intramolecular Hbond substituents is 1. The molecule has 2 aromatic carbocycles. The van der Waals surface area contributed by atoms with Gasteiger partial charge in [0.25, 0.3) is 0 Å². The lowest BCUT2D eigenvalue weighted by atomic mass is 10.2. The van der Waals surface area contributed by atoms with Gasteiger partial charge >= 0.3 is 0 Å². The molecule has 21 heavy (non-hydrogen) atoms. The lowest BCUT2D eigenvalue weighted by molar-refractivity contribution is 0.476. The van der Waals surface area contributed by atoms with Crippen molar-refractivity contribution in [2.45, 2.75) is 19.9 Å². The van der Waals surface area contributed by atoms with E-state index in [0.29, 0.717) is 10.6 Å². The number of hydrogen-bond donors (Lipinski definition) is 1. The van der Waals surface area contributed by atoms with Crippen LogP contribution in [0.25, 0.3) is 22.4 Å². The molecule has 0 fully saturated rings. The number of phenols is 1. The van der Waals surface area contributed by atoms with Crippen LogP contribution in [0.15, 0.2) is 40.9 Å². The second-order valence-corrected chi connectivity index (χ2v) is 6.18. The van der Waals surface area contributed by atoms with Crippen LogP contribution < -0.4 is 0 Å². The average molecular weight is 366 g/mol. The van der Waals surface area contributed by atoms with Crippen molar-refractivity contribution in [2.75, 3.05) is 0 Å². The standard InChI is InChI=1S/C16H14BrClN2O/c1-2-8-20-15-12(18)4-3-5-13(15)19-16(20)11-7-6-10(17)9-14(11)21/h3-7,9,21H,2,8H2,1H3. The highest BCUT2D eigenvalue weighted by atomic mass is 79.9. The summed E-state index contributed by atoms with van der Waals surface area (Å²) >= 11 is 9.69. The fourth-order valence-corrected chi connectivity index (χ4v) is 3.10. The zero-order valence-corrected chi connectivity index (χ0v) is 13.8. The summed E-state index contributed by atoms with van der Waals surface area (Å²) in [5, 5.41) is 10.9. The number of halogens is 2. The number of aromatic hydroxyl groups is 1. The summed E-state index contributed by atoms with van der Waals surface area (Å²) in [7, 11) is 0. The minimum atomic E-state index is 0.202. The second kappa shape index (κ2) is 5.70. The number of nitrogens with zero attached hydrogens (tertiary/aromatic N) is 2. The fraction of sp³-hybridized carbons (Fsp3) is 0.188. The van der Waals surface area contributed by atoms with Gasteiger partial charge in [0.1, 0.15) is 11.6 Å². The van der Waals surface area contributed by atoms with Crippen LogP contribution in [0.2, 0.25) is 5.02 Å². The molecule has 0 unspecified atom stereocenters. The summed E-state index contributed by atoms with van der Waals surface area (Å²) in [5.41, 5.74) is 2.46. The predicted octanol–water partition coefficient (Wildman–Crippen LogP) is 5.23. The molecule has 3 nitrogen and oxygen atoms in total. The van der Waals surface area contributed by atoms with Crippen LogP contribution in [0.1, 0.15) is 13.3 Å². The maximum atomic E-state index is 10.2. The zero-order chi connectivity index (χ0) is 15.0. The molecule has 1 heterocycles. The normalized spacial score (nSPS) is 11.2. The van der Waals surface area contributed by atoms with Crippen LogP contribution >= 0.6 is 27.5 Å². The molecule has 0 atom stereocenters. The lowest BCUT2D eigenvalue weighted by Crippen LogP contribution is -2.00. The van der Waals surface area contributed by atoms with Crippen molar-refractivity contribution in [3.63, 3.8) is 0 Å². The van der Waals surface area contributed by atoms with E-state index in [1.165, 1.54) is 0 Å². The Morgan fingerprint density at radius 3 is 2.81 bits per heavy atom. The van der Waals surface area contributed by atoms with E-state index < -0.39 is 0 Å². The van der Waals surface area contributed by atoms with Gasteiger partial charge < -0.3 is 9.67 Å². The number of benzene rings is 2. The maximum Gasteiger partial charge on any atom is 0.144 e. The monoisotopic (exact) mass is 364 g/mol. The van der Waals surface area contributed by atoms with E-state index in [1.54, 1.807) is 6.07 Å². The summed E-state index contributed by atoms with van der Waals surface area (Å²) in [4.78, 5) is 4.66. The molecular weight excluding hydrogens is 352 g/mol.